The van der Waals surface area contributed by atoms with Gasteiger partial charge in [0.15, 0.2) is 0 Å². The molecule has 0 spiro atoms. The van der Waals surface area contributed by atoms with Crippen LogP contribution in [0, 0.1) is 11.3 Å². The zero-order valence-corrected chi connectivity index (χ0v) is 24.7. The second-order valence-electron chi connectivity index (χ2n) is 9.89. The van der Waals surface area contributed by atoms with Crippen LogP contribution in [0.15, 0.2) is 66.7 Å². The number of nitrogens with one attached hydrogen (secondary N) is 1. The van der Waals surface area contributed by atoms with Crippen LogP contribution in [0.1, 0.15) is 46.4 Å². The lowest BCUT2D eigenvalue weighted by Gasteiger charge is -2.48. The van der Waals surface area contributed by atoms with Crippen LogP contribution in [0.3, 0.4) is 0 Å². The summed E-state index contributed by atoms with van der Waals surface area (Å²) < 4.78 is 27.4. The van der Waals surface area contributed by atoms with E-state index < -0.39 is 33.9 Å². The van der Waals surface area contributed by atoms with Crippen LogP contribution >= 0.6 is 23.2 Å². The minimum atomic E-state index is -3.82. The number of sulfonamides is 1. The molecule has 9 nitrogen and oxygen atoms in total. The maximum Gasteiger partial charge on any atom is 0.252 e. The predicted molar refractivity (Wildman–Crippen MR) is 159 cm³/mol. The Morgan fingerprint density at radius 2 is 1.59 bits per heavy atom. The third kappa shape index (κ3) is 7.00. The molecule has 1 aliphatic heterocycles. The van der Waals surface area contributed by atoms with Gasteiger partial charge in [-0.15, -0.1) is 0 Å². The van der Waals surface area contributed by atoms with Crippen molar-refractivity contribution >= 4 is 50.7 Å². The first-order valence-corrected chi connectivity index (χ1v) is 15.4. The third-order valence-electron chi connectivity index (χ3n) is 6.94. The second-order valence-corrected chi connectivity index (χ2v) is 12.6. The van der Waals surface area contributed by atoms with E-state index in [1.165, 1.54) is 22.5 Å². The van der Waals surface area contributed by atoms with Crippen LogP contribution in [0.2, 0.25) is 10.0 Å². The number of benzene rings is 3. The van der Waals surface area contributed by atoms with Crippen molar-refractivity contribution in [3.05, 3.63) is 99.0 Å². The standard InChI is InChI=1S/C29H29Cl2N5O4S/c1-3-26(28(33)37)34-29(38)21-12-18(15-32)13-24(14-21)36(41(2,39)40)25-16-35(17-25)27(19-4-8-22(30)9-5-19)20-6-10-23(31)11-7-20/h4-14,25-27H,3,16-17H2,1-2H3,(H2,33,37)(H,34,38). The van der Waals surface area contributed by atoms with Crippen molar-refractivity contribution in [2.45, 2.75) is 31.5 Å². The molecule has 0 radical (unpaired) electrons. The largest absolute Gasteiger partial charge is 0.368 e. The molecule has 3 aromatic carbocycles. The quantitative estimate of drug-likeness (QED) is 0.353. The van der Waals surface area contributed by atoms with E-state index in [2.05, 4.69) is 10.2 Å². The average Bonchev–Trinajstić information content (AvgIpc) is 2.90. The minimum Gasteiger partial charge on any atom is -0.368 e. The highest BCUT2D eigenvalue weighted by molar-refractivity contribution is 7.92. The van der Waals surface area contributed by atoms with Crippen molar-refractivity contribution in [3.8, 4) is 6.07 Å². The smallest absolute Gasteiger partial charge is 0.252 e. The first-order chi connectivity index (χ1) is 19.4. The van der Waals surface area contributed by atoms with E-state index in [4.69, 9.17) is 28.9 Å². The highest BCUT2D eigenvalue weighted by Crippen LogP contribution is 2.37. The maximum atomic E-state index is 13.1. The van der Waals surface area contributed by atoms with Crippen LogP contribution in [-0.2, 0) is 14.8 Å². The number of primary amides is 1. The monoisotopic (exact) mass is 613 g/mol. The molecule has 1 aliphatic rings. The highest BCUT2D eigenvalue weighted by atomic mass is 35.5. The van der Waals surface area contributed by atoms with Gasteiger partial charge in [-0.25, -0.2) is 8.42 Å². The van der Waals surface area contributed by atoms with Crippen LogP contribution in [0.5, 0.6) is 0 Å². The molecule has 1 unspecified atom stereocenters. The molecule has 2 amide bonds. The van der Waals surface area contributed by atoms with Gasteiger partial charge in [-0.1, -0.05) is 54.4 Å². The van der Waals surface area contributed by atoms with Gasteiger partial charge < -0.3 is 11.1 Å². The molecule has 0 bridgehead atoms. The molecule has 3 aromatic rings. The average molecular weight is 615 g/mol. The van der Waals surface area contributed by atoms with E-state index in [1.807, 2.05) is 30.3 Å². The highest BCUT2D eigenvalue weighted by Gasteiger charge is 2.41. The molecule has 0 aliphatic carbocycles. The van der Waals surface area contributed by atoms with Crippen LogP contribution in [0.4, 0.5) is 5.69 Å². The van der Waals surface area contributed by atoms with Gasteiger partial charge in [0.1, 0.15) is 6.04 Å². The van der Waals surface area contributed by atoms with E-state index in [9.17, 15) is 23.3 Å². The van der Waals surface area contributed by atoms with Gasteiger partial charge in [0.05, 0.1) is 35.7 Å². The molecule has 1 atom stereocenters. The number of anilines is 1. The number of amides is 2. The van der Waals surface area contributed by atoms with Gasteiger partial charge in [-0.3, -0.25) is 18.8 Å². The van der Waals surface area contributed by atoms with Crippen molar-refractivity contribution in [1.29, 1.82) is 5.26 Å². The summed E-state index contributed by atoms with van der Waals surface area (Å²) in [5, 5.41) is 13.4. The molecular weight excluding hydrogens is 585 g/mol. The Kier molecular flexibility index (Phi) is 9.24. The van der Waals surface area contributed by atoms with Gasteiger partial charge in [0, 0.05) is 28.7 Å². The number of carbonyl (C=O) groups is 2. The zero-order chi connectivity index (χ0) is 29.9. The lowest BCUT2D eigenvalue weighted by molar-refractivity contribution is -0.119. The molecule has 0 saturated carbocycles. The van der Waals surface area contributed by atoms with Crippen molar-refractivity contribution in [3.63, 3.8) is 0 Å². The summed E-state index contributed by atoms with van der Waals surface area (Å²) >= 11 is 12.3. The summed E-state index contributed by atoms with van der Waals surface area (Å²) in [4.78, 5) is 26.7. The zero-order valence-electron chi connectivity index (χ0n) is 22.4. The Labute approximate surface area is 249 Å². The number of nitrogens with zero attached hydrogens (tertiary/aromatic N) is 3. The SMILES string of the molecule is CCC(NC(=O)c1cc(C#N)cc(N(C2CN(C(c3ccc(Cl)cc3)c3ccc(Cl)cc3)C2)S(C)(=O)=O)c1)C(N)=O. The number of halogens is 2. The lowest BCUT2D eigenvalue weighted by Crippen LogP contribution is -2.61. The number of hydrogen-bond donors (Lipinski definition) is 2. The Bertz CT molecular complexity index is 1540. The van der Waals surface area contributed by atoms with E-state index in [0.717, 1.165) is 17.4 Å². The number of carbonyl (C=O) groups excluding carboxylic acids is 2. The molecular formula is C29H29Cl2N5O4S. The van der Waals surface area contributed by atoms with E-state index >= 15 is 0 Å². The summed E-state index contributed by atoms with van der Waals surface area (Å²) in [5.41, 5.74) is 7.64. The summed E-state index contributed by atoms with van der Waals surface area (Å²) in [6, 6.07) is 19.6. The predicted octanol–water partition coefficient (Wildman–Crippen LogP) is 4.10. The fourth-order valence-electron chi connectivity index (χ4n) is 4.97. The van der Waals surface area contributed by atoms with Gasteiger partial charge in [-0.2, -0.15) is 5.26 Å². The number of nitriles is 1. The lowest BCUT2D eigenvalue weighted by atomic mass is 9.93. The third-order valence-corrected chi connectivity index (χ3v) is 8.66. The Hall–Kier alpha value is -3.62. The van der Waals surface area contributed by atoms with Gasteiger partial charge in [0.2, 0.25) is 15.9 Å². The van der Waals surface area contributed by atoms with Crippen LogP contribution in [-0.4, -0.2) is 56.6 Å². The van der Waals surface area contributed by atoms with Crippen molar-refractivity contribution in [1.82, 2.24) is 10.2 Å². The second kappa shape index (κ2) is 12.5. The molecule has 1 fully saturated rings. The molecule has 4 rings (SSSR count). The number of rotatable bonds is 10. The number of likely N-dealkylation sites (tertiary alicyclic amines) is 1. The first-order valence-electron chi connectivity index (χ1n) is 12.8. The fourth-order valence-corrected chi connectivity index (χ4v) is 6.39. The molecule has 1 heterocycles. The topological polar surface area (TPSA) is 137 Å². The van der Waals surface area contributed by atoms with Crippen LogP contribution < -0.4 is 15.4 Å². The molecule has 12 heteroatoms. The van der Waals surface area contributed by atoms with Crippen molar-refractivity contribution in [2.75, 3.05) is 23.7 Å². The Morgan fingerprint density at radius 1 is 1.05 bits per heavy atom. The number of nitrogens with two attached hydrogens (primary N) is 1. The van der Waals surface area contributed by atoms with E-state index in [1.54, 1.807) is 31.2 Å². The van der Waals surface area contributed by atoms with Gasteiger partial charge in [-0.05, 0) is 60.0 Å². The summed E-state index contributed by atoms with van der Waals surface area (Å²) in [6.45, 7) is 2.45. The first kappa shape index (κ1) is 30.3. The van der Waals surface area contributed by atoms with Gasteiger partial charge >= 0.3 is 0 Å². The fraction of sp³-hybridized carbons (Fsp3) is 0.276. The summed E-state index contributed by atoms with van der Waals surface area (Å²) in [5.74, 6) is -1.33. The maximum absolute atomic E-state index is 13.1. The summed E-state index contributed by atoms with van der Waals surface area (Å²) in [6.07, 6.45) is 1.37. The normalized spacial score (nSPS) is 14.6. The summed E-state index contributed by atoms with van der Waals surface area (Å²) in [7, 11) is -3.82. The van der Waals surface area contributed by atoms with E-state index in [0.29, 0.717) is 23.1 Å². The molecule has 214 valence electrons. The molecule has 41 heavy (non-hydrogen) atoms. The molecule has 1 saturated heterocycles. The van der Waals surface area contributed by atoms with E-state index in [-0.39, 0.29) is 29.3 Å². The molecule has 0 aromatic heterocycles. The van der Waals surface area contributed by atoms with Crippen LogP contribution in [0.25, 0.3) is 0 Å². The number of hydrogen-bond acceptors (Lipinski definition) is 6. The molecule has 3 N–H and O–H groups in total. The minimum absolute atomic E-state index is 0.0452. The Balaban J connectivity index is 1.66. The van der Waals surface area contributed by atoms with Crippen molar-refractivity contribution in [2.24, 2.45) is 5.73 Å². The Morgan fingerprint density at radius 3 is 2.02 bits per heavy atom. The van der Waals surface area contributed by atoms with Crippen molar-refractivity contribution < 1.29 is 18.0 Å². The van der Waals surface area contributed by atoms with Gasteiger partial charge in [0.25, 0.3) is 5.91 Å².